The van der Waals surface area contributed by atoms with E-state index < -0.39 is 0 Å². The van der Waals surface area contributed by atoms with E-state index in [9.17, 15) is 0 Å². The number of nitrogens with zero attached hydrogens (tertiary/aromatic N) is 2. The Labute approximate surface area is 133 Å². The van der Waals surface area contributed by atoms with Gasteiger partial charge in [0.25, 0.3) is 0 Å². The number of hydrogen-bond donors (Lipinski definition) is 1. The van der Waals surface area contributed by atoms with Crippen molar-refractivity contribution in [3.63, 3.8) is 0 Å². The molecule has 1 unspecified atom stereocenters. The molecule has 0 radical (unpaired) electrons. The van der Waals surface area contributed by atoms with Crippen LogP contribution in [0, 0.1) is 0 Å². The standard InChI is InChI=1S/C16H19N3S2/c17-16-18-13-4-3-12(10-15(13)21-16)19-7-5-11(6-8-19)14-2-1-9-20-14/h1-2,5,9,12H,3-4,6-8,10H2,(H2,17,18). The Morgan fingerprint density at radius 3 is 3.05 bits per heavy atom. The molecule has 110 valence electrons. The second kappa shape index (κ2) is 5.55. The van der Waals surface area contributed by atoms with Crippen molar-refractivity contribution in [2.45, 2.75) is 31.7 Å². The summed E-state index contributed by atoms with van der Waals surface area (Å²) in [6, 6.07) is 5.04. The van der Waals surface area contributed by atoms with Gasteiger partial charge in [0.2, 0.25) is 0 Å². The molecule has 0 saturated heterocycles. The number of aromatic nitrogens is 1. The fraction of sp³-hybridized carbons (Fsp3) is 0.438. The van der Waals surface area contributed by atoms with Crippen molar-refractivity contribution < 1.29 is 0 Å². The number of nitrogen functional groups attached to an aromatic ring is 1. The van der Waals surface area contributed by atoms with Crippen LogP contribution in [0.25, 0.3) is 5.57 Å². The monoisotopic (exact) mass is 317 g/mol. The van der Waals surface area contributed by atoms with E-state index in [0.717, 1.165) is 24.5 Å². The minimum absolute atomic E-state index is 0.665. The van der Waals surface area contributed by atoms with Gasteiger partial charge in [-0.2, -0.15) is 0 Å². The molecule has 0 amide bonds. The molecule has 0 bridgehead atoms. The third kappa shape index (κ3) is 2.65. The highest BCUT2D eigenvalue weighted by Gasteiger charge is 2.27. The minimum atomic E-state index is 0.665. The van der Waals surface area contributed by atoms with Gasteiger partial charge in [-0.25, -0.2) is 4.98 Å². The number of rotatable bonds is 2. The van der Waals surface area contributed by atoms with E-state index >= 15 is 0 Å². The quantitative estimate of drug-likeness (QED) is 0.922. The molecule has 2 aliphatic rings. The molecule has 4 rings (SSSR count). The summed E-state index contributed by atoms with van der Waals surface area (Å²) in [4.78, 5) is 9.93. The molecule has 2 aromatic heterocycles. The number of thiazole rings is 1. The molecule has 2 N–H and O–H groups in total. The molecule has 0 saturated carbocycles. The van der Waals surface area contributed by atoms with Crippen LogP contribution in [0.1, 0.15) is 28.3 Å². The van der Waals surface area contributed by atoms with Crippen LogP contribution in [0.15, 0.2) is 23.6 Å². The zero-order valence-corrected chi connectivity index (χ0v) is 13.6. The summed E-state index contributed by atoms with van der Waals surface area (Å²) in [5.74, 6) is 0. The van der Waals surface area contributed by atoms with Crippen LogP contribution in [0.2, 0.25) is 0 Å². The maximum absolute atomic E-state index is 5.84. The Morgan fingerprint density at radius 1 is 1.33 bits per heavy atom. The summed E-state index contributed by atoms with van der Waals surface area (Å²) in [5.41, 5.74) is 8.62. The number of fused-ring (bicyclic) bond motifs is 1. The van der Waals surface area contributed by atoms with Crippen LogP contribution in [0.5, 0.6) is 0 Å². The van der Waals surface area contributed by atoms with Crippen molar-refractivity contribution in [2.24, 2.45) is 0 Å². The molecular weight excluding hydrogens is 298 g/mol. The van der Waals surface area contributed by atoms with Crippen LogP contribution < -0.4 is 5.73 Å². The zero-order valence-electron chi connectivity index (χ0n) is 11.9. The fourth-order valence-corrected chi connectivity index (χ4v) is 5.14. The van der Waals surface area contributed by atoms with Gasteiger partial charge in [-0.05, 0) is 42.7 Å². The molecule has 0 aromatic carbocycles. The number of aryl methyl sites for hydroxylation is 1. The van der Waals surface area contributed by atoms with Gasteiger partial charge in [0.05, 0.1) is 5.69 Å². The predicted molar refractivity (Wildman–Crippen MR) is 90.8 cm³/mol. The molecule has 1 aliphatic carbocycles. The Bertz CT molecular complexity index is 657. The summed E-state index contributed by atoms with van der Waals surface area (Å²) >= 11 is 3.54. The summed E-state index contributed by atoms with van der Waals surface area (Å²) in [5, 5.41) is 2.90. The molecule has 3 heterocycles. The van der Waals surface area contributed by atoms with E-state index in [4.69, 9.17) is 5.73 Å². The lowest BCUT2D eigenvalue weighted by Crippen LogP contribution is -2.41. The van der Waals surface area contributed by atoms with Gasteiger partial charge in [-0.15, -0.1) is 22.7 Å². The van der Waals surface area contributed by atoms with Crippen LogP contribution in [-0.2, 0) is 12.8 Å². The largest absolute Gasteiger partial charge is 0.375 e. The highest BCUT2D eigenvalue weighted by Crippen LogP contribution is 2.32. The SMILES string of the molecule is Nc1nc2c(s1)CC(N1CC=C(c3cccs3)CC1)CC2. The predicted octanol–water partition coefficient (Wildman–Crippen LogP) is 3.43. The Hall–Kier alpha value is -1.17. The highest BCUT2D eigenvalue weighted by atomic mass is 32.1. The van der Waals surface area contributed by atoms with Gasteiger partial charge in [0.1, 0.15) is 0 Å². The maximum atomic E-state index is 5.84. The van der Waals surface area contributed by atoms with Crippen LogP contribution in [-0.4, -0.2) is 29.0 Å². The lowest BCUT2D eigenvalue weighted by Gasteiger charge is -2.35. The van der Waals surface area contributed by atoms with Gasteiger partial charge in [-0.3, -0.25) is 4.90 Å². The first-order chi connectivity index (χ1) is 10.3. The van der Waals surface area contributed by atoms with Gasteiger partial charge in [-0.1, -0.05) is 12.1 Å². The molecule has 1 atom stereocenters. The first-order valence-electron chi connectivity index (χ1n) is 7.50. The number of hydrogen-bond acceptors (Lipinski definition) is 5. The third-order valence-electron chi connectivity index (χ3n) is 4.52. The van der Waals surface area contributed by atoms with Crippen LogP contribution in [0.3, 0.4) is 0 Å². The highest BCUT2D eigenvalue weighted by molar-refractivity contribution is 7.15. The number of anilines is 1. The summed E-state index contributed by atoms with van der Waals surface area (Å²) < 4.78 is 0. The summed E-state index contributed by atoms with van der Waals surface area (Å²) in [6.07, 6.45) is 7.04. The molecule has 21 heavy (non-hydrogen) atoms. The van der Waals surface area contributed by atoms with Crippen molar-refractivity contribution in [2.75, 3.05) is 18.8 Å². The molecule has 0 fully saturated rings. The summed E-state index contributed by atoms with van der Waals surface area (Å²) in [6.45, 7) is 2.26. The van der Waals surface area contributed by atoms with Crippen molar-refractivity contribution >= 4 is 33.4 Å². The Balaban J connectivity index is 1.45. The lowest BCUT2D eigenvalue weighted by molar-refractivity contribution is 0.199. The van der Waals surface area contributed by atoms with E-state index in [1.165, 1.54) is 40.4 Å². The topological polar surface area (TPSA) is 42.1 Å². The molecule has 2 aromatic rings. The number of nitrogens with two attached hydrogens (primary N) is 1. The molecule has 0 spiro atoms. The average Bonchev–Trinajstić information content (AvgIpc) is 3.15. The van der Waals surface area contributed by atoms with E-state index in [0.29, 0.717) is 6.04 Å². The lowest BCUT2D eigenvalue weighted by atomic mass is 9.94. The Morgan fingerprint density at radius 2 is 2.29 bits per heavy atom. The first kappa shape index (κ1) is 13.5. The van der Waals surface area contributed by atoms with Crippen molar-refractivity contribution in [1.29, 1.82) is 0 Å². The first-order valence-corrected chi connectivity index (χ1v) is 9.20. The second-order valence-corrected chi connectivity index (χ2v) is 7.83. The van der Waals surface area contributed by atoms with E-state index in [-0.39, 0.29) is 0 Å². The van der Waals surface area contributed by atoms with Gasteiger partial charge < -0.3 is 5.73 Å². The smallest absolute Gasteiger partial charge is 0.180 e. The van der Waals surface area contributed by atoms with E-state index in [2.05, 4.69) is 33.5 Å². The zero-order chi connectivity index (χ0) is 14.2. The third-order valence-corrected chi connectivity index (χ3v) is 6.42. The van der Waals surface area contributed by atoms with Crippen LogP contribution >= 0.6 is 22.7 Å². The van der Waals surface area contributed by atoms with Gasteiger partial charge in [0, 0.05) is 28.9 Å². The molecule has 1 aliphatic heterocycles. The van der Waals surface area contributed by atoms with Gasteiger partial charge in [0.15, 0.2) is 5.13 Å². The Kier molecular flexibility index (Phi) is 3.57. The van der Waals surface area contributed by atoms with Crippen LogP contribution in [0.4, 0.5) is 5.13 Å². The van der Waals surface area contributed by atoms with Crippen molar-refractivity contribution in [1.82, 2.24) is 9.88 Å². The molecule has 5 heteroatoms. The minimum Gasteiger partial charge on any atom is -0.375 e. The van der Waals surface area contributed by atoms with E-state index in [1.54, 1.807) is 11.3 Å². The van der Waals surface area contributed by atoms with Crippen molar-refractivity contribution in [3.05, 3.63) is 39.0 Å². The summed E-state index contributed by atoms with van der Waals surface area (Å²) in [7, 11) is 0. The second-order valence-electron chi connectivity index (χ2n) is 5.77. The molecule has 3 nitrogen and oxygen atoms in total. The van der Waals surface area contributed by atoms with Gasteiger partial charge >= 0.3 is 0 Å². The maximum Gasteiger partial charge on any atom is 0.180 e. The fourth-order valence-electron chi connectivity index (χ4n) is 3.39. The average molecular weight is 317 g/mol. The molecular formula is C16H19N3S2. The van der Waals surface area contributed by atoms with E-state index in [1.807, 2.05) is 11.3 Å². The number of thiophene rings is 1. The normalized spacial score (nSPS) is 22.9. The van der Waals surface area contributed by atoms with Crippen molar-refractivity contribution in [3.8, 4) is 0 Å².